The molecule has 0 amide bonds. The first-order chi connectivity index (χ1) is 7.91. The van der Waals surface area contributed by atoms with Gasteiger partial charge >= 0.3 is 0 Å². The zero-order valence-electron chi connectivity index (χ0n) is 10.9. The van der Waals surface area contributed by atoms with Crippen molar-refractivity contribution in [2.24, 2.45) is 0 Å². The fraction of sp³-hybridized carbons (Fsp3) is 0.800. The van der Waals surface area contributed by atoms with Gasteiger partial charge < -0.3 is 4.79 Å². The Hall–Kier alpha value is -0.590. The smallest absolute Gasteiger partial charge is 0.119 e. The molecule has 0 fully saturated rings. The van der Waals surface area contributed by atoms with Crippen LogP contribution in [0.15, 0.2) is 12.2 Å². The molecule has 0 saturated heterocycles. The molecule has 0 aromatic rings. The van der Waals surface area contributed by atoms with Gasteiger partial charge in [0, 0.05) is 6.42 Å². The number of hydrogen-bond acceptors (Lipinski definition) is 1. The number of carbonyl (C=O) groups is 1. The molecule has 94 valence electrons. The molecule has 0 bridgehead atoms. The molecular weight excluding hydrogens is 196 g/mol. The second-order valence-corrected chi connectivity index (χ2v) is 4.48. The van der Waals surface area contributed by atoms with Crippen LogP contribution in [0.2, 0.25) is 0 Å². The van der Waals surface area contributed by atoms with Crippen LogP contribution in [-0.2, 0) is 4.79 Å². The van der Waals surface area contributed by atoms with Crippen LogP contribution in [-0.4, -0.2) is 6.29 Å². The lowest BCUT2D eigenvalue weighted by molar-refractivity contribution is -0.107. The van der Waals surface area contributed by atoms with Gasteiger partial charge in [-0.05, 0) is 32.1 Å². The van der Waals surface area contributed by atoms with Crippen molar-refractivity contribution in [2.75, 3.05) is 0 Å². The summed E-state index contributed by atoms with van der Waals surface area (Å²) in [5.74, 6) is 0. The third-order valence-electron chi connectivity index (χ3n) is 2.83. The third kappa shape index (κ3) is 13.4. The lowest BCUT2D eigenvalue weighted by Gasteiger charge is -1.97. The number of aldehydes is 1. The first kappa shape index (κ1) is 15.4. The summed E-state index contributed by atoms with van der Waals surface area (Å²) in [6.07, 6.45) is 19.2. The summed E-state index contributed by atoms with van der Waals surface area (Å²) in [6.45, 7) is 2.26. The van der Waals surface area contributed by atoms with E-state index in [1.807, 2.05) is 0 Å². The monoisotopic (exact) mass is 224 g/mol. The Balaban J connectivity index is 3.00. The van der Waals surface area contributed by atoms with Crippen molar-refractivity contribution in [3.05, 3.63) is 12.2 Å². The van der Waals surface area contributed by atoms with Gasteiger partial charge in [0.15, 0.2) is 0 Å². The van der Waals surface area contributed by atoms with Gasteiger partial charge in [-0.3, -0.25) is 0 Å². The summed E-state index contributed by atoms with van der Waals surface area (Å²) in [7, 11) is 0. The van der Waals surface area contributed by atoms with E-state index in [0.717, 1.165) is 32.0 Å². The summed E-state index contributed by atoms with van der Waals surface area (Å²) < 4.78 is 0. The number of rotatable bonds is 12. The largest absolute Gasteiger partial charge is 0.303 e. The molecule has 0 N–H and O–H groups in total. The van der Waals surface area contributed by atoms with Crippen molar-refractivity contribution < 1.29 is 4.79 Å². The van der Waals surface area contributed by atoms with Gasteiger partial charge in [0.1, 0.15) is 6.29 Å². The first-order valence-electron chi connectivity index (χ1n) is 7.00. The molecule has 0 aromatic carbocycles. The van der Waals surface area contributed by atoms with E-state index < -0.39 is 0 Å². The molecule has 0 aliphatic rings. The fourth-order valence-electron chi connectivity index (χ4n) is 1.77. The van der Waals surface area contributed by atoms with Crippen molar-refractivity contribution in [3.8, 4) is 0 Å². The number of unbranched alkanes of at least 4 members (excludes halogenated alkanes) is 9. The lowest BCUT2D eigenvalue weighted by atomic mass is 10.1. The fourth-order valence-corrected chi connectivity index (χ4v) is 1.77. The Kier molecular flexibility index (Phi) is 13.9. The molecule has 0 radical (unpaired) electrons. The van der Waals surface area contributed by atoms with E-state index in [9.17, 15) is 4.79 Å². The van der Waals surface area contributed by atoms with E-state index in [1.165, 1.54) is 44.9 Å². The second kappa shape index (κ2) is 14.4. The Bertz CT molecular complexity index is 161. The van der Waals surface area contributed by atoms with Crippen LogP contribution >= 0.6 is 0 Å². The van der Waals surface area contributed by atoms with Gasteiger partial charge in [0.2, 0.25) is 0 Å². The summed E-state index contributed by atoms with van der Waals surface area (Å²) in [6, 6.07) is 0. The molecule has 0 unspecified atom stereocenters. The van der Waals surface area contributed by atoms with E-state index in [4.69, 9.17) is 0 Å². The molecule has 1 heteroatoms. The van der Waals surface area contributed by atoms with E-state index in [1.54, 1.807) is 0 Å². The summed E-state index contributed by atoms with van der Waals surface area (Å²) in [5, 5.41) is 0. The molecule has 0 aromatic heterocycles. The third-order valence-corrected chi connectivity index (χ3v) is 2.83. The highest BCUT2D eigenvalue weighted by atomic mass is 16.1. The Morgan fingerprint density at radius 2 is 1.19 bits per heavy atom. The van der Waals surface area contributed by atoms with Crippen molar-refractivity contribution in [2.45, 2.75) is 77.6 Å². The molecule has 0 aliphatic carbocycles. The summed E-state index contributed by atoms with van der Waals surface area (Å²) in [5.41, 5.74) is 0. The maximum absolute atomic E-state index is 10.1. The molecule has 0 heterocycles. The van der Waals surface area contributed by atoms with Crippen molar-refractivity contribution in [3.63, 3.8) is 0 Å². The van der Waals surface area contributed by atoms with E-state index in [-0.39, 0.29) is 0 Å². The zero-order chi connectivity index (χ0) is 11.9. The average Bonchev–Trinajstić information content (AvgIpc) is 2.31. The van der Waals surface area contributed by atoms with Crippen LogP contribution in [0, 0.1) is 0 Å². The quantitative estimate of drug-likeness (QED) is 0.257. The Morgan fingerprint density at radius 3 is 1.81 bits per heavy atom. The van der Waals surface area contributed by atoms with Crippen molar-refractivity contribution in [1.29, 1.82) is 0 Å². The number of carbonyl (C=O) groups excluding carboxylic acids is 1. The van der Waals surface area contributed by atoms with Gasteiger partial charge in [-0.1, -0.05) is 51.2 Å². The van der Waals surface area contributed by atoms with Crippen LogP contribution in [0.4, 0.5) is 0 Å². The molecule has 0 aliphatic heterocycles. The highest BCUT2D eigenvalue weighted by molar-refractivity contribution is 5.48. The number of hydrogen-bond donors (Lipinski definition) is 0. The van der Waals surface area contributed by atoms with Crippen LogP contribution in [0.25, 0.3) is 0 Å². The van der Waals surface area contributed by atoms with E-state index in [2.05, 4.69) is 19.1 Å². The topological polar surface area (TPSA) is 17.1 Å². The first-order valence-corrected chi connectivity index (χ1v) is 7.00. The second-order valence-electron chi connectivity index (χ2n) is 4.48. The van der Waals surface area contributed by atoms with Crippen LogP contribution in [0.5, 0.6) is 0 Å². The predicted octanol–water partition coefficient (Wildman–Crippen LogP) is 5.05. The predicted molar refractivity (Wildman–Crippen MR) is 71.7 cm³/mol. The van der Waals surface area contributed by atoms with Gasteiger partial charge in [-0.15, -0.1) is 0 Å². The van der Waals surface area contributed by atoms with Gasteiger partial charge in [0.25, 0.3) is 0 Å². The maximum atomic E-state index is 10.1. The minimum Gasteiger partial charge on any atom is -0.303 e. The van der Waals surface area contributed by atoms with Crippen molar-refractivity contribution in [1.82, 2.24) is 0 Å². The van der Waals surface area contributed by atoms with Gasteiger partial charge in [-0.25, -0.2) is 0 Å². The van der Waals surface area contributed by atoms with E-state index in [0.29, 0.717) is 0 Å². The van der Waals surface area contributed by atoms with E-state index >= 15 is 0 Å². The van der Waals surface area contributed by atoms with Crippen LogP contribution in [0.1, 0.15) is 77.6 Å². The maximum Gasteiger partial charge on any atom is 0.119 e. The summed E-state index contributed by atoms with van der Waals surface area (Å²) in [4.78, 5) is 10.1. The minimum absolute atomic E-state index is 0.727. The highest BCUT2D eigenvalue weighted by Gasteiger charge is 1.88. The van der Waals surface area contributed by atoms with Crippen molar-refractivity contribution >= 4 is 6.29 Å². The highest BCUT2D eigenvalue weighted by Crippen LogP contribution is 2.07. The van der Waals surface area contributed by atoms with Crippen LogP contribution < -0.4 is 0 Å². The SMILES string of the molecule is CCCCCCCCC=CCCCCC=O. The standard InChI is InChI=1S/C15H28O/c1-2-3-4-5-6-7-8-9-10-11-12-13-14-15-16/h9-10,15H,2-8,11-14H2,1H3. The molecule has 16 heavy (non-hydrogen) atoms. The van der Waals surface area contributed by atoms with Crippen LogP contribution in [0.3, 0.4) is 0 Å². The minimum atomic E-state index is 0.727. The molecule has 0 spiro atoms. The van der Waals surface area contributed by atoms with Gasteiger partial charge in [0.05, 0.1) is 0 Å². The lowest BCUT2D eigenvalue weighted by Crippen LogP contribution is -1.78. The molecule has 0 atom stereocenters. The Morgan fingerprint density at radius 1 is 0.688 bits per heavy atom. The zero-order valence-corrected chi connectivity index (χ0v) is 10.9. The molecule has 0 rings (SSSR count). The number of allylic oxidation sites excluding steroid dienone is 2. The average molecular weight is 224 g/mol. The summed E-state index contributed by atoms with van der Waals surface area (Å²) >= 11 is 0. The normalized spacial score (nSPS) is 11.1. The Labute approximate surface area is 101 Å². The molecule has 0 saturated carbocycles. The molecular formula is C15H28O. The molecule has 1 nitrogen and oxygen atoms in total. The van der Waals surface area contributed by atoms with Gasteiger partial charge in [-0.2, -0.15) is 0 Å².